The maximum absolute atomic E-state index is 13.3. The number of sulfonamides is 1. The summed E-state index contributed by atoms with van der Waals surface area (Å²) in [5, 5.41) is 2.76. The number of anilines is 2. The van der Waals surface area contributed by atoms with Gasteiger partial charge in [-0.2, -0.15) is 0 Å². The first-order valence-electron chi connectivity index (χ1n) is 11.3. The van der Waals surface area contributed by atoms with Crippen molar-refractivity contribution in [3.63, 3.8) is 0 Å². The fraction of sp³-hybridized carbons (Fsp3) is 0.107. The largest absolute Gasteiger partial charge is 0.495 e. The lowest BCUT2D eigenvalue weighted by Gasteiger charge is -2.18. The van der Waals surface area contributed by atoms with Gasteiger partial charge in [0, 0.05) is 16.3 Å². The fourth-order valence-electron chi connectivity index (χ4n) is 3.52. The zero-order chi connectivity index (χ0) is 26.4. The first-order valence-corrected chi connectivity index (χ1v) is 14.0. The van der Waals surface area contributed by atoms with Gasteiger partial charge in [0.15, 0.2) is 0 Å². The van der Waals surface area contributed by atoms with Crippen molar-refractivity contribution in [2.45, 2.75) is 22.0 Å². The molecule has 0 heterocycles. The minimum atomic E-state index is -3.71. The Morgan fingerprint density at radius 2 is 1.54 bits per heavy atom. The summed E-state index contributed by atoms with van der Waals surface area (Å²) in [4.78, 5) is 14.3. The number of halogens is 1. The van der Waals surface area contributed by atoms with E-state index in [1.165, 1.54) is 18.9 Å². The monoisotopic (exact) mass is 552 g/mol. The van der Waals surface area contributed by atoms with E-state index in [0.717, 1.165) is 16.0 Å². The van der Waals surface area contributed by atoms with E-state index in [2.05, 4.69) is 10.0 Å². The van der Waals surface area contributed by atoms with Gasteiger partial charge in [0.05, 0.1) is 17.0 Å². The van der Waals surface area contributed by atoms with E-state index in [-0.39, 0.29) is 10.8 Å². The highest BCUT2D eigenvalue weighted by Gasteiger charge is 2.23. The molecule has 0 fully saturated rings. The third-order valence-electron chi connectivity index (χ3n) is 5.45. The molecular weight excluding hydrogens is 528 g/mol. The topological polar surface area (TPSA) is 84.5 Å². The first kappa shape index (κ1) is 26.6. The summed E-state index contributed by atoms with van der Waals surface area (Å²) in [7, 11) is -2.18. The van der Waals surface area contributed by atoms with Gasteiger partial charge in [0.25, 0.3) is 10.0 Å². The Hall–Kier alpha value is -3.46. The van der Waals surface area contributed by atoms with Gasteiger partial charge in [-0.25, -0.2) is 8.42 Å². The Bertz CT molecular complexity index is 1480. The van der Waals surface area contributed by atoms with Crippen LogP contribution in [-0.4, -0.2) is 21.4 Å². The number of amides is 1. The predicted octanol–water partition coefficient (Wildman–Crippen LogP) is 6.93. The maximum atomic E-state index is 13.3. The minimum absolute atomic E-state index is 0.191. The lowest BCUT2D eigenvalue weighted by Crippen LogP contribution is -2.19. The Kier molecular flexibility index (Phi) is 8.43. The molecule has 0 spiro atoms. The van der Waals surface area contributed by atoms with Crippen molar-refractivity contribution in [3.8, 4) is 5.75 Å². The highest BCUT2D eigenvalue weighted by Crippen LogP contribution is 2.37. The molecule has 37 heavy (non-hydrogen) atoms. The van der Waals surface area contributed by atoms with E-state index in [4.69, 9.17) is 16.3 Å². The molecule has 6 nitrogen and oxygen atoms in total. The van der Waals surface area contributed by atoms with E-state index < -0.39 is 15.3 Å². The number of ether oxygens (including phenoxy) is 1. The number of aryl methyl sites for hydroxylation is 1. The summed E-state index contributed by atoms with van der Waals surface area (Å²) in [6.07, 6.45) is 0. The van der Waals surface area contributed by atoms with Gasteiger partial charge in [-0.3, -0.25) is 9.52 Å². The second-order valence-electron chi connectivity index (χ2n) is 8.19. The summed E-state index contributed by atoms with van der Waals surface area (Å²) in [6, 6.07) is 28.1. The van der Waals surface area contributed by atoms with E-state index in [9.17, 15) is 13.2 Å². The maximum Gasteiger partial charge on any atom is 0.261 e. The van der Waals surface area contributed by atoms with Gasteiger partial charge in [-0.15, -0.1) is 11.8 Å². The van der Waals surface area contributed by atoms with Crippen molar-refractivity contribution in [1.82, 2.24) is 0 Å². The molecule has 0 aliphatic carbocycles. The van der Waals surface area contributed by atoms with Crippen LogP contribution in [-0.2, 0) is 14.8 Å². The van der Waals surface area contributed by atoms with Crippen molar-refractivity contribution in [2.24, 2.45) is 0 Å². The lowest BCUT2D eigenvalue weighted by molar-refractivity contribution is -0.115. The molecule has 1 unspecified atom stereocenters. The van der Waals surface area contributed by atoms with Crippen LogP contribution < -0.4 is 14.8 Å². The smallest absolute Gasteiger partial charge is 0.261 e. The molecule has 4 aromatic rings. The second kappa shape index (κ2) is 11.7. The molecule has 0 saturated heterocycles. The average molecular weight is 553 g/mol. The quantitative estimate of drug-likeness (QED) is 0.220. The van der Waals surface area contributed by atoms with Gasteiger partial charge in [-0.05, 0) is 67.1 Å². The fourth-order valence-corrected chi connectivity index (χ4v) is 5.86. The summed E-state index contributed by atoms with van der Waals surface area (Å²) in [5.41, 5.74) is 2.79. The lowest BCUT2D eigenvalue weighted by atomic mass is 10.1. The van der Waals surface area contributed by atoms with Crippen LogP contribution in [0.2, 0.25) is 5.02 Å². The highest BCUT2D eigenvalue weighted by atomic mass is 35.5. The molecule has 9 heteroatoms. The Balaban J connectivity index is 1.51. The van der Waals surface area contributed by atoms with Gasteiger partial charge in [-0.1, -0.05) is 59.6 Å². The third kappa shape index (κ3) is 6.85. The summed E-state index contributed by atoms with van der Waals surface area (Å²) < 4.78 is 33.2. The predicted molar refractivity (Wildman–Crippen MR) is 150 cm³/mol. The Morgan fingerprint density at radius 3 is 2.16 bits per heavy atom. The van der Waals surface area contributed by atoms with Gasteiger partial charge >= 0.3 is 0 Å². The molecule has 4 rings (SSSR count). The van der Waals surface area contributed by atoms with Gasteiger partial charge < -0.3 is 10.1 Å². The zero-order valence-electron chi connectivity index (χ0n) is 20.1. The number of hydrogen-bond acceptors (Lipinski definition) is 5. The minimum Gasteiger partial charge on any atom is -0.495 e. The van der Waals surface area contributed by atoms with E-state index in [0.29, 0.717) is 22.1 Å². The normalized spacial score (nSPS) is 12.0. The van der Waals surface area contributed by atoms with Crippen LogP contribution in [0.3, 0.4) is 0 Å². The Morgan fingerprint density at radius 1 is 0.892 bits per heavy atom. The highest BCUT2D eigenvalue weighted by molar-refractivity contribution is 8.00. The molecule has 2 N–H and O–H groups in total. The van der Waals surface area contributed by atoms with Crippen molar-refractivity contribution in [1.29, 1.82) is 0 Å². The van der Waals surface area contributed by atoms with Crippen LogP contribution in [0.5, 0.6) is 5.75 Å². The summed E-state index contributed by atoms with van der Waals surface area (Å²) >= 11 is 7.57. The molecule has 0 aliphatic heterocycles. The number of benzene rings is 4. The number of methoxy groups -OCH3 is 1. The van der Waals surface area contributed by atoms with Gasteiger partial charge in [0.1, 0.15) is 11.0 Å². The van der Waals surface area contributed by atoms with Crippen molar-refractivity contribution in [2.75, 3.05) is 17.1 Å². The van der Waals surface area contributed by atoms with Crippen molar-refractivity contribution >= 4 is 50.7 Å². The van der Waals surface area contributed by atoms with Crippen LogP contribution >= 0.6 is 23.4 Å². The van der Waals surface area contributed by atoms with Crippen molar-refractivity contribution in [3.05, 3.63) is 113 Å². The van der Waals surface area contributed by atoms with Crippen LogP contribution in [0.4, 0.5) is 11.4 Å². The molecule has 4 aromatic carbocycles. The standard InChI is InChI=1S/C28H25ClN2O4S2/c1-19-8-15-24(16-9-19)37(33,34)31-21-10-13-23(14-11-21)36-27(20-6-4-3-5-7-20)28(32)30-22-12-17-26(35-2)25(29)18-22/h3-18,27,31H,1-2H3,(H,30,32). The molecule has 0 saturated carbocycles. The van der Waals surface area contributed by atoms with E-state index in [1.807, 2.05) is 37.3 Å². The number of thioether (sulfide) groups is 1. The summed E-state index contributed by atoms with van der Waals surface area (Å²) in [5.74, 6) is 0.299. The summed E-state index contributed by atoms with van der Waals surface area (Å²) in [6.45, 7) is 1.90. The molecule has 0 radical (unpaired) electrons. The molecule has 1 amide bonds. The number of nitrogens with one attached hydrogen (secondary N) is 2. The zero-order valence-corrected chi connectivity index (χ0v) is 22.5. The van der Waals surface area contributed by atoms with Crippen LogP contribution in [0.15, 0.2) is 107 Å². The average Bonchev–Trinajstić information content (AvgIpc) is 2.89. The number of rotatable bonds is 9. The third-order valence-corrected chi connectivity index (χ3v) is 8.41. The van der Waals surface area contributed by atoms with E-state index in [1.54, 1.807) is 66.7 Å². The van der Waals surface area contributed by atoms with Gasteiger partial charge in [0.2, 0.25) is 5.91 Å². The molecular formula is C28H25ClN2O4S2. The number of hydrogen-bond donors (Lipinski definition) is 2. The molecule has 0 aromatic heterocycles. The number of carbonyl (C=O) groups is 1. The van der Waals surface area contributed by atoms with Crippen molar-refractivity contribution < 1.29 is 17.9 Å². The second-order valence-corrected chi connectivity index (χ2v) is 11.5. The molecule has 0 bridgehead atoms. The number of carbonyl (C=O) groups excluding carboxylic acids is 1. The molecule has 0 aliphatic rings. The molecule has 1 atom stereocenters. The van der Waals surface area contributed by atoms with E-state index >= 15 is 0 Å². The first-order chi connectivity index (χ1) is 17.7. The Labute approximate surface area is 226 Å². The van der Waals surface area contributed by atoms with Crippen LogP contribution in [0, 0.1) is 6.92 Å². The molecule has 190 valence electrons. The van der Waals surface area contributed by atoms with Crippen LogP contribution in [0.1, 0.15) is 16.4 Å². The SMILES string of the molecule is COc1ccc(NC(=O)C(Sc2ccc(NS(=O)(=O)c3ccc(C)cc3)cc2)c2ccccc2)cc1Cl. The van der Waals surface area contributed by atoms with Crippen LogP contribution in [0.25, 0.3) is 0 Å².